The summed E-state index contributed by atoms with van der Waals surface area (Å²) >= 11 is 0. The molecule has 0 aromatic carbocycles. The van der Waals surface area contributed by atoms with Crippen molar-refractivity contribution in [3.63, 3.8) is 0 Å². The van der Waals surface area contributed by atoms with E-state index in [2.05, 4.69) is 6.58 Å². The number of hydrogen-bond acceptors (Lipinski definition) is 9. The molecule has 0 aromatic heterocycles. The van der Waals surface area contributed by atoms with Crippen LogP contribution in [0.2, 0.25) is 0 Å². The van der Waals surface area contributed by atoms with Crippen LogP contribution in [0.25, 0.3) is 0 Å². The number of ketones is 1. The molecule has 0 bridgehead atoms. The number of hydrogen-bond donors (Lipinski definition) is 0. The molecule has 9 heteroatoms. The SMILES string of the molecule is C=CCC/C(=C\CCC1OC(C)(C)OC2=C1C(=O)C(OC(C)=O)(OC(C)=O)C=C2)C(=O)OCC. The third-order valence-corrected chi connectivity index (χ3v) is 4.95. The first-order chi connectivity index (χ1) is 15.9. The molecule has 0 spiro atoms. The zero-order valence-corrected chi connectivity index (χ0v) is 20.3. The molecule has 9 nitrogen and oxygen atoms in total. The largest absolute Gasteiger partial charge is 0.463 e. The van der Waals surface area contributed by atoms with Crippen molar-refractivity contribution in [1.82, 2.24) is 0 Å². The highest BCUT2D eigenvalue weighted by Gasteiger charge is 2.52. The fraction of sp³-hybridized carbons (Fsp3) is 0.520. The van der Waals surface area contributed by atoms with E-state index in [4.69, 9.17) is 23.7 Å². The Morgan fingerprint density at radius 3 is 2.35 bits per heavy atom. The van der Waals surface area contributed by atoms with Gasteiger partial charge in [0.1, 0.15) is 5.76 Å². The number of allylic oxidation sites excluding steroid dienone is 3. The first-order valence-electron chi connectivity index (χ1n) is 11.2. The third kappa shape index (κ3) is 6.66. The van der Waals surface area contributed by atoms with Gasteiger partial charge in [0.15, 0.2) is 0 Å². The fourth-order valence-corrected chi connectivity index (χ4v) is 3.72. The van der Waals surface area contributed by atoms with Crippen LogP contribution in [0.5, 0.6) is 0 Å². The molecule has 0 aromatic rings. The highest BCUT2D eigenvalue weighted by molar-refractivity contribution is 6.07. The van der Waals surface area contributed by atoms with Crippen LogP contribution in [0.4, 0.5) is 0 Å². The van der Waals surface area contributed by atoms with Crippen LogP contribution in [-0.2, 0) is 42.9 Å². The summed E-state index contributed by atoms with van der Waals surface area (Å²) in [6.45, 7) is 11.3. The van der Waals surface area contributed by atoms with E-state index >= 15 is 0 Å². The van der Waals surface area contributed by atoms with Crippen LogP contribution in [0, 0.1) is 0 Å². The molecule has 2 rings (SSSR count). The first-order valence-corrected chi connectivity index (χ1v) is 11.2. The molecule has 0 radical (unpaired) electrons. The van der Waals surface area contributed by atoms with Gasteiger partial charge >= 0.3 is 23.7 Å². The minimum Gasteiger partial charge on any atom is -0.463 e. The maximum Gasteiger partial charge on any atom is 0.341 e. The zero-order chi connectivity index (χ0) is 25.5. The zero-order valence-electron chi connectivity index (χ0n) is 20.3. The summed E-state index contributed by atoms with van der Waals surface area (Å²) in [4.78, 5) is 49.1. The summed E-state index contributed by atoms with van der Waals surface area (Å²) < 4.78 is 27.2. The van der Waals surface area contributed by atoms with Crippen LogP contribution in [-0.4, -0.2) is 48.0 Å². The van der Waals surface area contributed by atoms with Crippen molar-refractivity contribution in [3.05, 3.63) is 47.8 Å². The molecule has 1 aliphatic carbocycles. The van der Waals surface area contributed by atoms with Crippen molar-refractivity contribution >= 4 is 23.7 Å². The quantitative estimate of drug-likeness (QED) is 0.202. The Morgan fingerprint density at radius 2 is 1.79 bits per heavy atom. The summed E-state index contributed by atoms with van der Waals surface area (Å²) in [5.41, 5.74) is 0.591. The minimum atomic E-state index is -2.24. The Kier molecular flexibility index (Phi) is 8.98. The topological polar surface area (TPSA) is 114 Å². The number of carbonyl (C=O) groups excluding carboxylic acids is 4. The predicted octanol–water partition coefficient (Wildman–Crippen LogP) is 3.59. The highest BCUT2D eigenvalue weighted by atomic mass is 16.7. The summed E-state index contributed by atoms with van der Waals surface area (Å²) in [5.74, 6) is -5.83. The molecule has 186 valence electrons. The van der Waals surface area contributed by atoms with Gasteiger partial charge in [-0.05, 0) is 38.7 Å². The molecule has 0 saturated heterocycles. The van der Waals surface area contributed by atoms with E-state index in [0.717, 1.165) is 13.8 Å². The molecule has 0 saturated carbocycles. The molecule has 1 atom stereocenters. The molecule has 0 N–H and O–H groups in total. The van der Waals surface area contributed by atoms with E-state index in [1.807, 2.05) is 0 Å². The predicted molar refractivity (Wildman–Crippen MR) is 121 cm³/mol. The highest BCUT2D eigenvalue weighted by Crippen LogP contribution is 2.40. The van der Waals surface area contributed by atoms with Crippen molar-refractivity contribution in [2.45, 2.75) is 78.0 Å². The Morgan fingerprint density at radius 1 is 1.15 bits per heavy atom. The average molecular weight is 477 g/mol. The summed E-state index contributed by atoms with van der Waals surface area (Å²) in [7, 11) is 0. The Labute approximate surface area is 199 Å². The van der Waals surface area contributed by atoms with E-state index in [0.29, 0.717) is 31.3 Å². The van der Waals surface area contributed by atoms with Crippen LogP contribution in [0.3, 0.4) is 0 Å². The third-order valence-electron chi connectivity index (χ3n) is 4.95. The first kappa shape index (κ1) is 27.0. The van der Waals surface area contributed by atoms with E-state index in [9.17, 15) is 19.2 Å². The van der Waals surface area contributed by atoms with Crippen molar-refractivity contribution in [2.75, 3.05) is 6.61 Å². The van der Waals surface area contributed by atoms with Gasteiger partial charge in [0.2, 0.25) is 5.79 Å². The number of Topliss-reactive ketones (excluding diaryl/α,β-unsaturated/α-hetero) is 1. The maximum absolute atomic E-state index is 13.5. The van der Waals surface area contributed by atoms with E-state index in [1.165, 1.54) is 12.2 Å². The van der Waals surface area contributed by atoms with Crippen molar-refractivity contribution in [1.29, 1.82) is 0 Å². The average Bonchev–Trinajstić information content (AvgIpc) is 2.71. The lowest BCUT2D eigenvalue weighted by molar-refractivity contribution is -0.233. The van der Waals surface area contributed by atoms with Gasteiger partial charge in [0.25, 0.3) is 5.78 Å². The molecule has 0 fully saturated rings. The molecule has 34 heavy (non-hydrogen) atoms. The standard InChI is InChI=1S/C25H32O9/c1-7-9-11-18(23(29)30-8-2)12-10-13-19-21-20(34-24(5,6)33-19)14-15-25(22(21)28,31-16(3)26)32-17(4)27/h7,12,14-15,19H,1,8-11,13H2,2-6H3/b18-12+. The van der Waals surface area contributed by atoms with Gasteiger partial charge in [0, 0.05) is 39.3 Å². The number of rotatable bonds is 10. The monoisotopic (exact) mass is 476 g/mol. The summed E-state index contributed by atoms with van der Waals surface area (Å²) in [6.07, 6.45) is 7.07. The summed E-state index contributed by atoms with van der Waals surface area (Å²) in [5, 5.41) is 0. The van der Waals surface area contributed by atoms with Crippen molar-refractivity contribution in [3.8, 4) is 0 Å². The lowest BCUT2D eigenvalue weighted by Gasteiger charge is -2.42. The molecule has 1 unspecified atom stereocenters. The molecule has 0 amide bonds. The van der Waals surface area contributed by atoms with Gasteiger partial charge in [-0.15, -0.1) is 6.58 Å². The molecule has 1 aliphatic heterocycles. The van der Waals surface area contributed by atoms with Crippen LogP contribution < -0.4 is 0 Å². The van der Waals surface area contributed by atoms with Crippen LogP contribution >= 0.6 is 0 Å². The van der Waals surface area contributed by atoms with E-state index in [1.54, 1.807) is 32.9 Å². The maximum atomic E-state index is 13.5. The normalized spacial score (nSPS) is 20.7. The number of ether oxygens (including phenoxy) is 5. The Balaban J connectivity index is 2.36. The van der Waals surface area contributed by atoms with Crippen molar-refractivity contribution in [2.24, 2.45) is 0 Å². The second-order valence-corrected chi connectivity index (χ2v) is 8.26. The van der Waals surface area contributed by atoms with Gasteiger partial charge in [-0.1, -0.05) is 12.2 Å². The fourth-order valence-electron chi connectivity index (χ4n) is 3.72. The minimum absolute atomic E-state index is 0.0847. The van der Waals surface area contributed by atoms with Gasteiger partial charge < -0.3 is 23.7 Å². The molecule has 2 aliphatic rings. The second kappa shape index (κ2) is 11.3. The number of esters is 3. The van der Waals surface area contributed by atoms with E-state index < -0.39 is 41.4 Å². The van der Waals surface area contributed by atoms with Gasteiger partial charge in [-0.25, -0.2) is 4.79 Å². The van der Waals surface area contributed by atoms with Crippen LogP contribution in [0.15, 0.2) is 47.8 Å². The second-order valence-electron chi connectivity index (χ2n) is 8.26. The van der Waals surface area contributed by atoms with Crippen molar-refractivity contribution < 1.29 is 42.9 Å². The van der Waals surface area contributed by atoms with E-state index in [-0.39, 0.29) is 17.9 Å². The van der Waals surface area contributed by atoms with Gasteiger partial charge in [-0.2, -0.15) is 0 Å². The molecular formula is C25H32O9. The lowest BCUT2D eigenvalue weighted by atomic mass is 9.88. The lowest BCUT2D eigenvalue weighted by Crippen LogP contribution is -2.52. The molecular weight excluding hydrogens is 444 g/mol. The van der Waals surface area contributed by atoms with Gasteiger partial charge in [0.05, 0.1) is 18.3 Å². The Hall–Kier alpha value is -3.20. The van der Waals surface area contributed by atoms with Gasteiger partial charge in [-0.3, -0.25) is 14.4 Å². The Bertz CT molecular complexity index is 920. The van der Waals surface area contributed by atoms with Crippen LogP contribution in [0.1, 0.15) is 60.3 Å². The number of carbonyl (C=O) groups is 4. The smallest absolute Gasteiger partial charge is 0.341 e. The summed E-state index contributed by atoms with van der Waals surface area (Å²) in [6, 6.07) is 0. The molecule has 1 heterocycles.